The molecule has 19 heavy (non-hydrogen) atoms. The molecule has 1 rings (SSSR count). The van der Waals surface area contributed by atoms with Crippen molar-refractivity contribution in [2.24, 2.45) is 0 Å². The second-order valence-electron chi connectivity index (χ2n) is 4.94. The lowest BCUT2D eigenvalue weighted by Gasteiger charge is -2.11. The van der Waals surface area contributed by atoms with Crippen LogP contribution in [0.2, 0.25) is 0 Å². The Morgan fingerprint density at radius 2 is 2.11 bits per heavy atom. The first kappa shape index (κ1) is 15.4. The molecular weight excluding hydrogens is 242 g/mol. The van der Waals surface area contributed by atoms with Crippen molar-refractivity contribution in [3.05, 3.63) is 17.7 Å². The third-order valence-electron chi connectivity index (χ3n) is 2.87. The second-order valence-corrected chi connectivity index (χ2v) is 4.94. The predicted octanol–water partition coefficient (Wildman–Crippen LogP) is 3.29. The number of hydrogen-bond donors (Lipinski definition) is 2. The number of nitrogens with one attached hydrogen (secondary N) is 1. The molecule has 5 nitrogen and oxygen atoms in total. The number of aromatic nitrogens is 2. The Bertz CT molecular complexity index is 419. The zero-order valence-electron chi connectivity index (χ0n) is 11.9. The maximum atomic E-state index is 11.2. The highest BCUT2D eigenvalue weighted by Gasteiger charge is 2.15. The van der Waals surface area contributed by atoms with Gasteiger partial charge < -0.3 is 10.4 Å². The number of carbonyl (C=O) groups is 1. The summed E-state index contributed by atoms with van der Waals surface area (Å²) in [7, 11) is 0. The Labute approximate surface area is 114 Å². The molecule has 0 aliphatic heterocycles. The summed E-state index contributed by atoms with van der Waals surface area (Å²) < 4.78 is 0. The van der Waals surface area contributed by atoms with Gasteiger partial charge in [-0.05, 0) is 6.42 Å². The molecule has 0 fully saturated rings. The average Bonchev–Trinajstić information content (AvgIpc) is 2.38. The fourth-order valence-corrected chi connectivity index (χ4v) is 1.74. The minimum Gasteiger partial charge on any atom is -0.476 e. The lowest BCUT2D eigenvalue weighted by Crippen LogP contribution is -2.13. The molecule has 0 radical (unpaired) electrons. The number of aromatic carboxylic acids is 1. The van der Waals surface area contributed by atoms with E-state index in [2.05, 4.69) is 22.2 Å². The Hall–Kier alpha value is -1.65. The summed E-state index contributed by atoms with van der Waals surface area (Å²) in [5, 5.41) is 12.3. The highest BCUT2D eigenvalue weighted by Crippen LogP contribution is 2.16. The van der Waals surface area contributed by atoms with Gasteiger partial charge in [-0.15, -0.1) is 0 Å². The van der Waals surface area contributed by atoms with Gasteiger partial charge in [0.2, 0.25) is 0 Å². The van der Waals surface area contributed by atoms with Crippen molar-refractivity contribution in [1.82, 2.24) is 9.97 Å². The van der Waals surface area contributed by atoms with Gasteiger partial charge in [0.25, 0.3) is 0 Å². The molecule has 0 aromatic carbocycles. The topological polar surface area (TPSA) is 75.1 Å². The average molecular weight is 265 g/mol. The summed E-state index contributed by atoms with van der Waals surface area (Å²) in [6.07, 6.45) is 6.14. The number of unbranched alkanes of at least 4 members (excludes halogenated alkanes) is 3. The van der Waals surface area contributed by atoms with Crippen LogP contribution in [0.4, 0.5) is 5.69 Å². The minimum absolute atomic E-state index is 0.0641. The molecule has 0 bridgehead atoms. The summed E-state index contributed by atoms with van der Waals surface area (Å²) in [5.74, 6) is -0.328. The number of anilines is 1. The van der Waals surface area contributed by atoms with Gasteiger partial charge in [-0.3, -0.25) is 0 Å². The quantitative estimate of drug-likeness (QED) is 0.705. The van der Waals surface area contributed by atoms with Crippen molar-refractivity contribution in [3.63, 3.8) is 0 Å². The van der Waals surface area contributed by atoms with Crippen LogP contribution in [0.1, 0.15) is 68.7 Å². The van der Waals surface area contributed by atoms with Crippen LogP contribution in [0.15, 0.2) is 6.20 Å². The van der Waals surface area contributed by atoms with E-state index in [0.29, 0.717) is 11.5 Å². The Balaban J connectivity index is 2.69. The zero-order valence-corrected chi connectivity index (χ0v) is 11.9. The van der Waals surface area contributed by atoms with Crippen molar-refractivity contribution < 1.29 is 9.90 Å². The van der Waals surface area contributed by atoms with Crippen LogP contribution in [0.25, 0.3) is 0 Å². The van der Waals surface area contributed by atoms with Crippen LogP contribution in [-0.4, -0.2) is 27.6 Å². The van der Waals surface area contributed by atoms with E-state index >= 15 is 0 Å². The molecule has 0 saturated heterocycles. The van der Waals surface area contributed by atoms with Gasteiger partial charge in [0.05, 0.1) is 11.9 Å². The highest BCUT2D eigenvalue weighted by molar-refractivity contribution is 5.91. The van der Waals surface area contributed by atoms with Crippen molar-refractivity contribution in [2.45, 2.75) is 52.4 Å². The zero-order chi connectivity index (χ0) is 14.3. The molecule has 0 atom stereocenters. The standard InChI is InChI=1S/C14H23N3O2/c1-4-5-6-7-8-15-11-9-16-13(10(2)3)17-12(11)14(18)19/h9-10,15H,4-8H2,1-3H3,(H,18,19). The first-order chi connectivity index (χ1) is 9.06. The Morgan fingerprint density at radius 3 is 2.68 bits per heavy atom. The minimum atomic E-state index is -1.01. The van der Waals surface area contributed by atoms with Gasteiger partial charge in [0.1, 0.15) is 5.82 Å². The normalized spacial score (nSPS) is 10.7. The maximum absolute atomic E-state index is 11.2. The molecule has 0 aliphatic carbocycles. The van der Waals surface area contributed by atoms with Gasteiger partial charge >= 0.3 is 5.97 Å². The predicted molar refractivity (Wildman–Crippen MR) is 75.7 cm³/mol. The number of carboxylic acids is 1. The first-order valence-corrected chi connectivity index (χ1v) is 6.90. The second kappa shape index (κ2) is 7.71. The molecule has 0 aliphatic rings. The van der Waals surface area contributed by atoms with Crippen LogP contribution in [0.5, 0.6) is 0 Å². The fraction of sp³-hybridized carbons (Fsp3) is 0.643. The number of carboxylic acid groups (broad SMARTS) is 1. The third kappa shape index (κ3) is 4.85. The number of hydrogen-bond acceptors (Lipinski definition) is 4. The number of nitrogens with zero attached hydrogens (tertiary/aromatic N) is 2. The SMILES string of the molecule is CCCCCCNc1cnc(C(C)C)nc1C(=O)O. The van der Waals surface area contributed by atoms with Gasteiger partial charge in [-0.1, -0.05) is 40.0 Å². The first-order valence-electron chi connectivity index (χ1n) is 6.90. The van der Waals surface area contributed by atoms with E-state index in [4.69, 9.17) is 0 Å². The van der Waals surface area contributed by atoms with Crippen LogP contribution in [-0.2, 0) is 0 Å². The largest absolute Gasteiger partial charge is 0.476 e. The third-order valence-corrected chi connectivity index (χ3v) is 2.87. The van der Waals surface area contributed by atoms with E-state index < -0.39 is 5.97 Å². The van der Waals surface area contributed by atoms with E-state index in [1.54, 1.807) is 6.20 Å². The van der Waals surface area contributed by atoms with Crippen LogP contribution < -0.4 is 5.32 Å². The van der Waals surface area contributed by atoms with Crippen molar-refractivity contribution in [3.8, 4) is 0 Å². The molecule has 106 valence electrons. The van der Waals surface area contributed by atoms with Gasteiger partial charge in [0.15, 0.2) is 5.69 Å². The van der Waals surface area contributed by atoms with Gasteiger partial charge in [0, 0.05) is 12.5 Å². The summed E-state index contributed by atoms with van der Waals surface area (Å²) in [6, 6.07) is 0. The molecule has 5 heteroatoms. The fourth-order valence-electron chi connectivity index (χ4n) is 1.74. The lowest BCUT2D eigenvalue weighted by atomic mass is 10.2. The van der Waals surface area contributed by atoms with E-state index in [1.807, 2.05) is 13.8 Å². The van der Waals surface area contributed by atoms with E-state index in [9.17, 15) is 9.90 Å². The molecule has 1 aromatic rings. The smallest absolute Gasteiger partial charge is 0.356 e. The molecule has 1 heterocycles. The molecule has 1 aromatic heterocycles. The van der Waals surface area contributed by atoms with Gasteiger partial charge in [-0.25, -0.2) is 14.8 Å². The van der Waals surface area contributed by atoms with Crippen molar-refractivity contribution >= 4 is 11.7 Å². The molecule has 0 unspecified atom stereocenters. The van der Waals surface area contributed by atoms with Crippen molar-refractivity contribution in [2.75, 3.05) is 11.9 Å². The number of rotatable bonds is 8. The Morgan fingerprint density at radius 1 is 1.37 bits per heavy atom. The molecule has 0 amide bonds. The molecule has 0 spiro atoms. The molecule has 0 saturated carbocycles. The summed E-state index contributed by atoms with van der Waals surface area (Å²) in [4.78, 5) is 19.5. The van der Waals surface area contributed by atoms with Crippen LogP contribution in [0.3, 0.4) is 0 Å². The van der Waals surface area contributed by atoms with Crippen molar-refractivity contribution in [1.29, 1.82) is 0 Å². The van der Waals surface area contributed by atoms with E-state index in [1.165, 1.54) is 12.8 Å². The highest BCUT2D eigenvalue weighted by atomic mass is 16.4. The summed E-state index contributed by atoms with van der Waals surface area (Å²) in [5.41, 5.74) is 0.572. The summed E-state index contributed by atoms with van der Waals surface area (Å²) >= 11 is 0. The van der Waals surface area contributed by atoms with Gasteiger partial charge in [-0.2, -0.15) is 0 Å². The Kier molecular flexibility index (Phi) is 6.25. The molecule has 2 N–H and O–H groups in total. The summed E-state index contributed by atoms with van der Waals surface area (Å²) in [6.45, 7) is 6.80. The molecular formula is C14H23N3O2. The van der Waals surface area contributed by atoms with E-state index in [-0.39, 0.29) is 11.6 Å². The maximum Gasteiger partial charge on any atom is 0.356 e. The lowest BCUT2D eigenvalue weighted by molar-refractivity contribution is 0.0691. The monoisotopic (exact) mass is 265 g/mol. The van der Waals surface area contributed by atoms with Crippen LogP contribution in [0, 0.1) is 0 Å². The van der Waals surface area contributed by atoms with E-state index in [0.717, 1.165) is 19.4 Å². The van der Waals surface area contributed by atoms with Crippen LogP contribution >= 0.6 is 0 Å².